The summed E-state index contributed by atoms with van der Waals surface area (Å²) in [6.45, 7) is 0.407. The van der Waals surface area contributed by atoms with Gasteiger partial charge in [-0.25, -0.2) is 12.4 Å². The number of fused-ring (bicyclic) bond motifs is 5. The third-order valence-electron chi connectivity index (χ3n) is 4.46. The Kier molecular flexibility index (Phi) is 3.81. The molecular weight excluding hydrogens is 404 g/mol. The number of aliphatic hydroxyl groups is 1. The van der Waals surface area contributed by atoms with E-state index < -0.39 is 16.1 Å². The lowest BCUT2D eigenvalue weighted by Crippen LogP contribution is -2.20. The van der Waals surface area contributed by atoms with E-state index in [1.165, 1.54) is 3.97 Å². The lowest BCUT2D eigenvalue weighted by Gasteiger charge is -2.17. The molecule has 0 bridgehead atoms. The summed E-state index contributed by atoms with van der Waals surface area (Å²) < 4.78 is 28.4. The number of halogens is 1. The SMILES string of the molecule is CN(C)CC(O)c1c2n(c3ccccc13)S(=O)(=O)c1ccc(Br)cc1-2. The van der Waals surface area contributed by atoms with Gasteiger partial charge in [0, 0.05) is 27.5 Å². The van der Waals surface area contributed by atoms with E-state index in [2.05, 4.69) is 15.9 Å². The average Bonchev–Trinajstić information content (AvgIpc) is 2.99. The Labute approximate surface area is 154 Å². The number of nitrogens with zero attached hydrogens (tertiary/aromatic N) is 2. The lowest BCUT2D eigenvalue weighted by molar-refractivity contribution is 0.140. The summed E-state index contributed by atoms with van der Waals surface area (Å²) in [5.41, 5.74) is 2.44. The first-order valence-corrected chi connectivity index (χ1v) is 10.1. The second-order valence-corrected chi connectivity index (χ2v) is 9.14. The van der Waals surface area contributed by atoms with E-state index in [9.17, 15) is 13.5 Å². The van der Waals surface area contributed by atoms with Crippen LogP contribution in [0.5, 0.6) is 0 Å². The van der Waals surface area contributed by atoms with Gasteiger partial charge in [0.1, 0.15) is 0 Å². The number of aromatic nitrogens is 1. The molecule has 2 aromatic carbocycles. The second-order valence-electron chi connectivity index (χ2n) is 6.47. The van der Waals surface area contributed by atoms with E-state index >= 15 is 0 Å². The molecule has 0 fully saturated rings. The number of rotatable bonds is 3. The van der Waals surface area contributed by atoms with Crippen molar-refractivity contribution in [1.29, 1.82) is 0 Å². The fourth-order valence-corrected chi connectivity index (χ4v) is 5.61. The highest BCUT2D eigenvalue weighted by Gasteiger charge is 2.38. The highest BCUT2D eigenvalue weighted by atomic mass is 79.9. The van der Waals surface area contributed by atoms with E-state index in [0.717, 1.165) is 9.86 Å². The molecular formula is C18H17BrN2O3S. The van der Waals surface area contributed by atoms with Crippen molar-refractivity contribution in [2.24, 2.45) is 0 Å². The number of para-hydroxylation sites is 1. The van der Waals surface area contributed by atoms with Crippen molar-refractivity contribution < 1.29 is 13.5 Å². The maximum atomic E-state index is 13.1. The van der Waals surface area contributed by atoms with Crippen LogP contribution >= 0.6 is 15.9 Å². The quantitative estimate of drug-likeness (QED) is 0.552. The van der Waals surface area contributed by atoms with Crippen LogP contribution in [0.25, 0.3) is 22.2 Å². The summed E-state index contributed by atoms with van der Waals surface area (Å²) >= 11 is 3.43. The fraction of sp³-hybridized carbons (Fsp3) is 0.222. The summed E-state index contributed by atoms with van der Waals surface area (Å²) in [5.74, 6) is 0. The topological polar surface area (TPSA) is 62.5 Å². The van der Waals surface area contributed by atoms with Crippen LogP contribution in [0.2, 0.25) is 0 Å². The molecule has 1 N–H and O–H groups in total. The average molecular weight is 421 g/mol. The maximum Gasteiger partial charge on any atom is 0.269 e. The van der Waals surface area contributed by atoms with Crippen molar-refractivity contribution in [1.82, 2.24) is 8.87 Å². The summed E-state index contributed by atoms with van der Waals surface area (Å²) in [6, 6.07) is 12.5. The molecule has 7 heteroatoms. The number of benzene rings is 2. The Morgan fingerprint density at radius 1 is 1.20 bits per heavy atom. The van der Waals surface area contributed by atoms with Gasteiger partial charge in [0.25, 0.3) is 10.0 Å². The van der Waals surface area contributed by atoms with Gasteiger partial charge in [0.2, 0.25) is 0 Å². The molecule has 0 aliphatic carbocycles. The molecule has 0 saturated carbocycles. The lowest BCUT2D eigenvalue weighted by atomic mass is 10.0. The number of aliphatic hydroxyl groups excluding tert-OH is 1. The largest absolute Gasteiger partial charge is 0.387 e. The van der Waals surface area contributed by atoms with Crippen LogP contribution in [0.1, 0.15) is 11.7 Å². The molecule has 25 heavy (non-hydrogen) atoms. The molecule has 0 amide bonds. The van der Waals surface area contributed by atoms with E-state index in [4.69, 9.17) is 0 Å². The van der Waals surface area contributed by atoms with Gasteiger partial charge < -0.3 is 10.0 Å². The summed E-state index contributed by atoms with van der Waals surface area (Å²) in [7, 11) is 0.0776. The van der Waals surface area contributed by atoms with Gasteiger partial charge in [-0.3, -0.25) is 0 Å². The van der Waals surface area contributed by atoms with Crippen molar-refractivity contribution in [3.63, 3.8) is 0 Å². The van der Waals surface area contributed by atoms with Gasteiger partial charge >= 0.3 is 0 Å². The van der Waals surface area contributed by atoms with Gasteiger partial charge in [0.15, 0.2) is 0 Å². The van der Waals surface area contributed by atoms with E-state index in [-0.39, 0.29) is 4.90 Å². The Morgan fingerprint density at radius 3 is 2.64 bits per heavy atom. The third-order valence-corrected chi connectivity index (χ3v) is 6.72. The van der Waals surface area contributed by atoms with Crippen LogP contribution in [-0.2, 0) is 10.0 Å². The Balaban J connectivity index is 2.14. The van der Waals surface area contributed by atoms with Crippen molar-refractivity contribution in [2.45, 2.75) is 11.0 Å². The highest BCUT2D eigenvalue weighted by Crippen LogP contribution is 2.47. The Morgan fingerprint density at radius 2 is 1.92 bits per heavy atom. The zero-order valence-corrected chi connectivity index (χ0v) is 16.2. The molecule has 1 atom stereocenters. The minimum Gasteiger partial charge on any atom is -0.387 e. The third kappa shape index (κ3) is 2.38. The first-order valence-electron chi connectivity index (χ1n) is 7.84. The normalized spacial score (nSPS) is 16.2. The van der Waals surface area contributed by atoms with Crippen molar-refractivity contribution in [2.75, 3.05) is 20.6 Å². The zero-order chi connectivity index (χ0) is 17.9. The summed E-state index contributed by atoms with van der Waals surface area (Å²) in [4.78, 5) is 2.16. The molecule has 5 nitrogen and oxygen atoms in total. The first-order chi connectivity index (χ1) is 11.8. The molecule has 0 saturated heterocycles. The van der Waals surface area contributed by atoms with Crippen LogP contribution in [0.3, 0.4) is 0 Å². The number of likely N-dealkylation sites (N-methyl/N-ethyl adjacent to an activating group) is 1. The van der Waals surface area contributed by atoms with Crippen LogP contribution in [0, 0.1) is 0 Å². The first kappa shape index (κ1) is 16.8. The van der Waals surface area contributed by atoms with E-state index in [1.807, 2.05) is 37.2 Å². The minimum atomic E-state index is -3.68. The van der Waals surface area contributed by atoms with Crippen LogP contribution in [0.15, 0.2) is 51.8 Å². The summed E-state index contributed by atoms with van der Waals surface area (Å²) in [5, 5.41) is 11.6. The van der Waals surface area contributed by atoms with E-state index in [0.29, 0.717) is 28.9 Å². The molecule has 2 heterocycles. The molecule has 3 aromatic rings. The van der Waals surface area contributed by atoms with Crippen molar-refractivity contribution >= 4 is 36.9 Å². The number of hydrogen-bond acceptors (Lipinski definition) is 4. The van der Waals surface area contributed by atoms with Crippen molar-refractivity contribution in [3.05, 3.63) is 52.5 Å². The molecule has 0 spiro atoms. The number of hydrogen-bond donors (Lipinski definition) is 1. The molecule has 4 rings (SSSR count). The van der Waals surface area contributed by atoms with Crippen LogP contribution in [0.4, 0.5) is 0 Å². The fourth-order valence-electron chi connectivity index (χ4n) is 3.53. The van der Waals surface area contributed by atoms with Crippen LogP contribution in [-0.4, -0.2) is 43.0 Å². The predicted molar refractivity (Wildman–Crippen MR) is 101 cm³/mol. The van der Waals surface area contributed by atoms with Gasteiger partial charge in [-0.2, -0.15) is 0 Å². The van der Waals surface area contributed by atoms with Crippen molar-refractivity contribution in [3.8, 4) is 11.3 Å². The van der Waals surface area contributed by atoms with Gasteiger partial charge in [-0.1, -0.05) is 34.1 Å². The Hall–Kier alpha value is -1.67. The maximum absolute atomic E-state index is 13.1. The zero-order valence-electron chi connectivity index (χ0n) is 13.8. The Bertz CT molecular complexity index is 1100. The second kappa shape index (κ2) is 5.67. The summed E-state index contributed by atoms with van der Waals surface area (Å²) in [6.07, 6.45) is -0.795. The molecule has 1 aromatic heterocycles. The molecule has 1 aliphatic heterocycles. The standard InChI is InChI=1S/C18H17BrN2O3S/c1-20(2)10-15(22)17-12-5-3-4-6-14(12)21-18(17)13-9-11(19)7-8-16(13)25(21,23)24/h3-9,15,22H,10H2,1-2H3. The van der Waals surface area contributed by atoms with E-state index in [1.54, 1.807) is 24.3 Å². The predicted octanol–water partition coefficient (Wildman–Crippen LogP) is 3.22. The minimum absolute atomic E-state index is 0.273. The molecule has 0 radical (unpaired) electrons. The molecule has 1 unspecified atom stereocenters. The van der Waals surface area contributed by atoms with Gasteiger partial charge in [-0.15, -0.1) is 0 Å². The van der Waals surface area contributed by atoms with Gasteiger partial charge in [0.05, 0.1) is 22.2 Å². The highest BCUT2D eigenvalue weighted by molar-refractivity contribution is 9.10. The molecule has 130 valence electrons. The monoisotopic (exact) mass is 420 g/mol. The smallest absolute Gasteiger partial charge is 0.269 e. The van der Waals surface area contributed by atoms with Crippen LogP contribution < -0.4 is 0 Å². The molecule has 1 aliphatic rings. The van der Waals surface area contributed by atoms with Gasteiger partial charge in [-0.05, 0) is 38.4 Å².